The Morgan fingerprint density at radius 1 is 1.35 bits per heavy atom. The molecule has 1 fully saturated rings. The smallest absolute Gasteiger partial charge is 0.410 e. The van der Waals surface area contributed by atoms with Gasteiger partial charge in [0.1, 0.15) is 11.4 Å². The highest BCUT2D eigenvalue weighted by atomic mass is 79.9. The van der Waals surface area contributed by atoms with E-state index in [9.17, 15) is 9.18 Å². The van der Waals surface area contributed by atoms with E-state index < -0.39 is 5.60 Å². The van der Waals surface area contributed by atoms with E-state index in [4.69, 9.17) is 4.74 Å². The van der Waals surface area contributed by atoms with Crippen molar-refractivity contribution in [3.8, 4) is 0 Å². The summed E-state index contributed by atoms with van der Waals surface area (Å²) < 4.78 is 20.3. The first-order chi connectivity index (χ1) is 10.7. The van der Waals surface area contributed by atoms with Crippen LogP contribution >= 0.6 is 15.9 Å². The van der Waals surface area contributed by atoms with Crippen LogP contribution in [0.4, 0.5) is 9.18 Å². The molecule has 0 spiro atoms. The number of carbonyl (C=O) groups is 1. The van der Waals surface area contributed by atoms with Crippen LogP contribution in [0.2, 0.25) is 0 Å². The number of amides is 1. The molecule has 1 aliphatic rings. The van der Waals surface area contributed by atoms with Crippen LogP contribution in [0, 0.1) is 12.7 Å². The zero-order chi connectivity index (χ0) is 17.2. The topological polar surface area (TPSA) is 29.5 Å². The number of hydrogen-bond acceptors (Lipinski definition) is 2. The summed E-state index contributed by atoms with van der Waals surface area (Å²) in [5.41, 5.74) is 0.820. The lowest BCUT2D eigenvalue weighted by Crippen LogP contribution is -2.41. The van der Waals surface area contributed by atoms with Gasteiger partial charge in [0.2, 0.25) is 0 Å². The van der Waals surface area contributed by atoms with Crippen LogP contribution in [0.1, 0.15) is 57.6 Å². The predicted octanol–water partition coefficient (Wildman–Crippen LogP) is 5.58. The fourth-order valence-corrected chi connectivity index (χ4v) is 3.45. The van der Waals surface area contributed by atoms with Gasteiger partial charge in [-0.1, -0.05) is 28.8 Å². The van der Waals surface area contributed by atoms with Crippen LogP contribution < -0.4 is 0 Å². The number of aryl methyl sites for hydroxylation is 1. The Morgan fingerprint density at radius 2 is 1.96 bits per heavy atom. The molecule has 0 aliphatic heterocycles. The van der Waals surface area contributed by atoms with Crippen molar-refractivity contribution in [1.82, 2.24) is 4.90 Å². The number of benzene rings is 1. The van der Waals surface area contributed by atoms with Crippen molar-refractivity contribution in [3.63, 3.8) is 0 Å². The molecule has 5 heteroatoms. The quantitative estimate of drug-likeness (QED) is 0.679. The molecule has 0 bridgehead atoms. The minimum Gasteiger partial charge on any atom is -0.444 e. The Kier molecular flexibility index (Phi) is 5.71. The van der Waals surface area contributed by atoms with Gasteiger partial charge in [-0.2, -0.15) is 0 Å². The van der Waals surface area contributed by atoms with E-state index in [1.54, 1.807) is 17.9 Å². The van der Waals surface area contributed by atoms with Crippen LogP contribution in [-0.4, -0.2) is 22.6 Å². The van der Waals surface area contributed by atoms with Gasteiger partial charge in [-0.15, -0.1) is 0 Å². The monoisotopic (exact) mass is 385 g/mol. The first-order valence-corrected chi connectivity index (χ1v) is 8.91. The lowest BCUT2D eigenvalue weighted by molar-refractivity contribution is 0.0144. The van der Waals surface area contributed by atoms with Crippen molar-refractivity contribution in [3.05, 3.63) is 33.5 Å². The molecule has 1 aromatic rings. The summed E-state index contributed by atoms with van der Waals surface area (Å²) in [6, 6.07) is 3.43. The largest absolute Gasteiger partial charge is 0.444 e. The first-order valence-electron chi connectivity index (χ1n) is 8.11. The van der Waals surface area contributed by atoms with E-state index >= 15 is 0 Å². The molecule has 23 heavy (non-hydrogen) atoms. The zero-order valence-electron chi connectivity index (χ0n) is 14.3. The van der Waals surface area contributed by atoms with Gasteiger partial charge in [-0.3, -0.25) is 0 Å². The number of carbonyl (C=O) groups excluding carboxylic acids is 1. The van der Waals surface area contributed by atoms with Crippen LogP contribution in [0.5, 0.6) is 0 Å². The van der Waals surface area contributed by atoms with Crippen molar-refractivity contribution in [1.29, 1.82) is 0 Å². The molecule has 0 atom stereocenters. The summed E-state index contributed by atoms with van der Waals surface area (Å²) in [5.74, 6) is -0.251. The summed E-state index contributed by atoms with van der Waals surface area (Å²) in [7, 11) is 0. The number of hydrogen-bond donors (Lipinski definition) is 0. The molecule has 1 aliphatic carbocycles. The van der Waals surface area contributed by atoms with Crippen molar-refractivity contribution in [2.24, 2.45) is 0 Å². The third-order valence-corrected chi connectivity index (χ3v) is 4.80. The average Bonchev–Trinajstić information content (AvgIpc) is 2.93. The summed E-state index contributed by atoms with van der Waals surface area (Å²) in [6.07, 6.45) is 3.87. The summed E-state index contributed by atoms with van der Waals surface area (Å²) in [4.78, 5) is 14.4. The highest BCUT2D eigenvalue weighted by Gasteiger charge is 2.30. The molecule has 0 N–H and O–H groups in total. The van der Waals surface area contributed by atoms with E-state index in [-0.39, 0.29) is 18.0 Å². The van der Waals surface area contributed by atoms with E-state index in [2.05, 4.69) is 15.9 Å². The molecule has 0 radical (unpaired) electrons. The van der Waals surface area contributed by atoms with Crippen molar-refractivity contribution >= 4 is 22.0 Å². The summed E-state index contributed by atoms with van der Waals surface area (Å²) in [6.45, 7) is 7.67. The maximum atomic E-state index is 13.9. The maximum absolute atomic E-state index is 13.9. The SMILES string of the molecule is Cc1cc(Br)c(CN(C(=O)OC(C)(C)C)C2CCCC2)cc1F. The summed E-state index contributed by atoms with van der Waals surface area (Å²) >= 11 is 3.48. The molecule has 3 nitrogen and oxygen atoms in total. The van der Waals surface area contributed by atoms with Gasteiger partial charge in [-0.25, -0.2) is 9.18 Å². The van der Waals surface area contributed by atoms with E-state index in [0.717, 1.165) is 35.7 Å². The average molecular weight is 386 g/mol. The Balaban J connectivity index is 2.24. The standard InChI is InChI=1S/C18H25BrFNO2/c1-12-9-15(19)13(10-16(12)20)11-21(14-7-5-6-8-14)17(22)23-18(2,3)4/h9-10,14H,5-8,11H2,1-4H3. The number of ether oxygens (including phenoxy) is 1. The Morgan fingerprint density at radius 3 is 2.52 bits per heavy atom. The van der Waals surface area contributed by atoms with Gasteiger partial charge in [0, 0.05) is 10.5 Å². The second kappa shape index (κ2) is 7.20. The zero-order valence-corrected chi connectivity index (χ0v) is 15.9. The minimum atomic E-state index is -0.538. The molecule has 1 saturated carbocycles. The molecule has 0 heterocycles. The van der Waals surface area contributed by atoms with Gasteiger partial charge < -0.3 is 9.64 Å². The van der Waals surface area contributed by atoms with Crippen LogP contribution in [0.3, 0.4) is 0 Å². The van der Waals surface area contributed by atoms with E-state index in [1.165, 1.54) is 6.07 Å². The molecular formula is C18H25BrFNO2. The second-order valence-corrected chi connectivity index (χ2v) is 8.09. The van der Waals surface area contributed by atoms with Gasteiger partial charge in [0.15, 0.2) is 0 Å². The van der Waals surface area contributed by atoms with Crippen LogP contribution in [0.25, 0.3) is 0 Å². The molecule has 0 aromatic heterocycles. The molecule has 128 valence electrons. The van der Waals surface area contributed by atoms with E-state index in [1.807, 2.05) is 20.8 Å². The van der Waals surface area contributed by atoms with E-state index in [0.29, 0.717) is 12.1 Å². The van der Waals surface area contributed by atoms with Gasteiger partial charge in [-0.05, 0) is 63.8 Å². The maximum Gasteiger partial charge on any atom is 0.410 e. The second-order valence-electron chi connectivity index (χ2n) is 7.24. The highest BCUT2D eigenvalue weighted by Crippen LogP contribution is 2.29. The highest BCUT2D eigenvalue weighted by molar-refractivity contribution is 9.10. The van der Waals surface area contributed by atoms with Crippen LogP contribution in [-0.2, 0) is 11.3 Å². The third-order valence-electron chi connectivity index (χ3n) is 4.06. The van der Waals surface area contributed by atoms with Gasteiger partial charge in [0.25, 0.3) is 0 Å². The number of rotatable bonds is 3. The normalized spacial score (nSPS) is 15.7. The third kappa shape index (κ3) is 4.93. The van der Waals surface area contributed by atoms with Crippen molar-refractivity contribution in [2.75, 3.05) is 0 Å². The lowest BCUT2D eigenvalue weighted by Gasteiger charge is -2.32. The lowest BCUT2D eigenvalue weighted by atomic mass is 10.1. The molecule has 0 saturated heterocycles. The Labute approximate surface area is 146 Å². The summed E-state index contributed by atoms with van der Waals surface area (Å²) in [5, 5.41) is 0. The number of nitrogens with zero attached hydrogens (tertiary/aromatic N) is 1. The number of halogens is 2. The van der Waals surface area contributed by atoms with Crippen LogP contribution in [0.15, 0.2) is 16.6 Å². The van der Waals surface area contributed by atoms with Gasteiger partial charge in [0.05, 0.1) is 6.54 Å². The molecule has 1 amide bonds. The Bertz CT molecular complexity index is 577. The first kappa shape index (κ1) is 18.2. The molecule has 1 aromatic carbocycles. The minimum absolute atomic E-state index is 0.168. The molecular weight excluding hydrogens is 361 g/mol. The Hall–Kier alpha value is -1.10. The predicted molar refractivity (Wildman–Crippen MR) is 92.9 cm³/mol. The van der Waals surface area contributed by atoms with Crippen molar-refractivity contribution < 1.29 is 13.9 Å². The molecule has 2 rings (SSSR count). The molecule has 0 unspecified atom stereocenters. The fourth-order valence-electron chi connectivity index (χ4n) is 2.87. The fraction of sp³-hybridized carbons (Fsp3) is 0.611. The van der Waals surface area contributed by atoms with Crippen molar-refractivity contribution in [2.45, 2.75) is 71.6 Å². The van der Waals surface area contributed by atoms with Gasteiger partial charge >= 0.3 is 6.09 Å².